The molecule has 0 aliphatic heterocycles. The summed E-state index contributed by atoms with van der Waals surface area (Å²) in [6.45, 7) is 5.69. The van der Waals surface area contributed by atoms with Gasteiger partial charge >= 0.3 is 5.97 Å². The van der Waals surface area contributed by atoms with E-state index in [1.807, 2.05) is 25.1 Å². The summed E-state index contributed by atoms with van der Waals surface area (Å²) in [6, 6.07) is 10.2. The Morgan fingerprint density at radius 2 is 1.41 bits per heavy atom. The van der Waals surface area contributed by atoms with Crippen LogP contribution in [0.15, 0.2) is 30.3 Å². The van der Waals surface area contributed by atoms with Crippen LogP contribution in [0.2, 0.25) is 0 Å². The molecular formula is C31H50O3. The maximum atomic E-state index is 12.7. The maximum absolute atomic E-state index is 12.7. The number of hydrogen-bond donors (Lipinski definition) is 0. The Hall–Kier alpha value is -1.35. The minimum absolute atomic E-state index is 0.0605. The van der Waals surface area contributed by atoms with Crippen molar-refractivity contribution >= 4 is 5.97 Å². The molecule has 1 aromatic rings. The molecule has 3 nitrogen and oxygen atoms in total. The summed E-state index contributed by atoms with van der Waals surface area (Å²) >= 11 is 0. The van der Waals surface area contributed by atoms with Gasteiger partial charge in [-0.2, -0.15) is 0 Å². The Morgan fingerprint density at radius 1 is 0.824 bits per heavy atom. The van der Waals surface area contributed by atoms with Gasteiger partial charge in [0.25, 0.3) is 0 Å². The molecule has 0 spiro atoms. The summed E-state index contributed by atoms with van der Waals surface area (Å²) in [4.78, 5) is 12.7. The molecule has 192 valence electrons. The predicted octanol–water partition coefficient (Wildman–Crippen LogP) is 8.36. The molecule has 0 amide bonds. The summed E-state index contributed by atoms with van der Waals surface area (Å²) in [7, 11) is 0. The van der Waals surface area contributed by atoms with E-state index in [0.717, 1.165) is 36.2 Å². The SMILES string of the molecule is CCCCCC1CCC(CCC2CCC(C(COCc3ccccc3)C(=O)OCC)CC2)CC1. The number of rotatable bonds is 14. The molecule has 3 heteroatoms. The first-order valence-electron chi connectivity index (χ1n) is 14.5. The van der Waals surface area contributed by atoms with E-state index in [1.54, 1.807) is 0 Å². The van der Waals surface area contributed by atoms with E-state index >= 15 is 0 Å². The zero-order valence-electron chi connectivity index (χ0n) is 22.0. The van der Waals surface area contributed by atoms with Gasteiger partial charge in [0.15, 0.2) is 0 Å². The molecule has 1 aromatic carbocycles. The van der Waals surface area contributed by atoms with E-state index in [4.69, 9.17) is 9.47 Å². The van der Waals surface area contributed by atoms with Crippen molar-refractivity contribution in [3.63, 3.8) is 0 Å². The first-order valence-corrected chi connectivity index (χ1v) is 14.5. The Labute approximate surface area is 209 Å². The number of unbranched alkanes of at least 4 members (excludes halogenated alkanes) is 2. The van der Waals surface area contributed by atoms with Gasteiger partial charge in [0.1, 0.15) is 0 Å². The van der Waals surface area contributed by atoms with Gasteiger partial charge < -0.3 is 9.47 Å². The maximum Gasteiger partial charge on any atom is 0.311 e. The van der Waals surface area contributed by atoms with E-state index in [9.17, 15) is 4.79 Å². The van der Waals surface area contributed by atoms with Crippen LogP contribution < -0.4 is 0 Å². The van der Waals surface area contributed by atoms with Crippen LogP contribution in [-0.2, 0) is 20.9 Å². The molecule has 1 atom stereocenters. The summed E-state index contributed by atoms with van der Waals surface area (Å²) < 4.78 is 11.4. The van der Waals surface area contributed by atoms with Crippen LogP contribution in [0.3, 0.4) is 0 Å². The van der Waals surface area contributed by atoms with Gasteiger partial charge in [0.05, 0.1) is 25.7 Å². The third-order valence-electron chi connectivity index (χ3n) is 8.62. The zero-order valence-corrected chi connectivity index (χ0v) is 22.0. The first kappa shape index (κ1) is 27.2. The molecule has 0 aromatic heterocycles. The molecule has 0 heterocycles. The fourth-order valence-corrected chi connectivity index (χ4v) is 6.37. The standard InChI is InChI=1S/C31H50O3/c1-3-5-7-10-25-13-15-26(16-14-25)17-18-27-19-21-29(22-20-27)30(31(32)34-4-2)24-33-23-28-11-8-6-9-12-28/h6,8-9,11-12,25-27,29-30H,3-5,7,10,13-24H2,1-2H3. The van der Waals surface area contributed by atoms with Gasteiger partial charge in [0, 0.05) is 0 Å². The highest BCUT2D eigenvalue weighted by Crippen LogP contribution is 2.39. The van der Waals surface area contributed by atoms with E-state index < -0.39 is 0 Å². The predicted molar refractivity (Wildman–Crippen MR) is 140 cm³/mol. The molecule has 34 heavy (non-hydrogen) atoms. The zero-order chi connectivity index (χ0) is 24.0. The lowest BCUT2D eigenvalue weighted by Crippen LogP contribution is -2.33. The average molecular weight is 471 g/mol. The largest absolute Gasteiger partial charge is 0.466 e. The number of esters is 1. The Morgan fingerprint density at radius 3 is 2.00 bits per heavy atom. The van der Waals surface area contributed by atoms with Crippen molar-refractivity contribution in [3.05, 3.63) is 35.9 Å². The molecule has 2 fully saturated rings. The highest BCUT2D eigenvalue weighted by atomic mass is 16.5. The highest BCUT2D eigenvalue weighted by molar-refractivity contribution is 5.73. The summed E-state index contributed by atoms with van der Waals surface area (Å²) in [5, 5.41) is 0. The van der Waals surface area contributed by atoms with Gasteiger partial charge in [-0.15, -0.1) is 0 Å². The third-order valence-corrected chi connectivity index (χ3v) is 8.62. The van der Waals surface area contributed by atoms with Gasteiger partial charge in [0.2, 0.25) is 0 Å². The van der Waals surface area contributed by atoms with E-state index in [0.29, 0.717) is 25.7 Å². The minimum atomic E-state index is -0.118. The Bertz CT molecular complexity index is 657. The molecule has 3 rings (SSSR count). The quantitative estimate of drug-likeness (QED) is 0.202. The van der Waals surface area contributed by atoms with Crippen LogP contribution in [0.1, 0.15) is 109 Å². The van der Waals surface area contributed by atoms with Gasteiger partial charge in [-0.05, 0) is 49.0 Å². The highest BCUT2D eigenvalue weighted by Gasteiger charge is 2.33. The molecule has 2 aliphatic rings. The topological polar surface area (TPSA) is 35.5 Å². The summed E-state index contributed by atoms with van der Waals surface area (Å²) in [6.07, 6.45) is 19.2. The normalized spacial score (nSPS) is 26.2. The molecule has 1 unspecified atom stereocenters. The van der Waals surface area contributed by atoms with Crippen LogP contribution in [0.5, 0.6) is 0 Å². The number of carbonyl (C=O) groups excluding carboxylic acids is 1. The second-order valence-corrected chi connectivity index (χ2v) is 11.1. The molecule has 2 aliphatic carbocycles. The number of benzene rings is 1. The van der Waals surface area contributed by atoms with Crippen molar-refractivity contribution in [2.75, 3.05) is 13.2 Å². The van der Waals surface area contributed by atoms with E-state index in [1.165, 1.54) is 77.0 Å². The lowest BCUT2D eigenvalue weighted by atomic mass is 9.72. The molecule has 0 saturated heterocycles. The number of ether oxygens (including phenoxy) is 2. The lowest BCUT2D eigenvalue weighted by Gasteiger charge is -2.34. The number of hydrogen-bond acceptors (Lipinski definition) is 3. The first-order chi connectivity index (χ1) is 16.7. The van der Waals surface area contributed by atoms with Gasteiger partial charge in [-0.25, -0.2) is 0 Å². The van der Waals surface area contributed by atoms with Crippen molar-refractivity contribution in [2.24, 2.45) is 29.6 Å². The van der Waals surface area contributed by atoms with Crippen LogP contribution in [0, 0.1) is 29.6 Å². The molecule has 2 saturated carbocycles. The Balaban J connectivity index is 1.36. The van der Waals surface area contributed by atoms with E-state index in [-0.39, 0.29) is 11.9 Å². The fraction of sp³-hybridized carbons (Fsp3) is 0.774. The minimum Gasteiger partial charge on any atom is -0.466 e. The van der Waals surface area contributed by atoms with Crippen LogP contribution >= 0.6 is 0 Å². The Kier molecular flexibility index (Phi) is 12.5. The molecule has 0 N–H and O–H groups in total. The average Bonchev–Trinajstić information content (AvgIpc) is 2.87. The second kappa shape index (κ2) is 15.6. The fourth-order valence-electron chi connectivity index (χ4n) is 6.37. The molecule has 0 bridgehead atoms. The molecule has 0 radical (unpaired) electrons. The molecular weight excluding hydrogens is 420 g/mol. The summed E-state index contributed by atoms with van der Waals surface area (Å²) in [5.74, 6) is 3.07. The third kappa shape index (κ3) is 9.36. The van der Waals surface area contributed by atoms with Crippen molar-refractivity contribution in [3.8, 4) is 0 Å². The van der Waals surface area contributed by atoms with Crippen molar-refractivity contribution in [1.82, 2.24) is 0 Å². The second-order valence-electron chi connectivity index (χ2n) is 11.1. The van der Waals surface area contributed by atoms with Crippen LogP contribution in [-0.4, -0.2) is 19.2 Å². The van der Waals surface area contributed by atoms with Crippen molar-refractivity contribution < 1.29 is 14.3 Å². The number of carbonyl (C=O) groups is 1. The van der Waals surface area contributed by atoms with Crippen LogP contribution in [0.25, 0.3) is 0 Å². The van der Waals surface area contributed by atoms with Crippen molar-refractivity contribution in [2.45, 2.75) is 110 Å². The van der Waals surface area contributed by atoms with Crippen LogP contribution in [0.4, 0.5) is 0 Å². The summed E-state index contributed by atoms with van der Waals surface area (Å²) in [5.41, 5.74) is 1.16. The van der Waals surface area contributed by atoms with Gasteiger partial charge in [-0.3, -0.25) is 4.79 Å². The van der Waals surface area contributed by atoms with Gasteiger partial charge in [-0.1, -0.05) is 114 Å². The smallest absolute Gasteiger partial charge is 0.311 e. The monoisotopic (exact) mass is 470 g/mol. The lowest BCUT2D eigenvalue weighted by molar-refractivity contribution is -0.153. The van der Waals surface area contributed by atoms with E-state index in [2.05, 4.69) is 19.1 Å². The van der Waals surface area contributed by atoms with Crippen molar-refractivity contribution in [1.29, 1.82) is 0 Å².